The van der Waals surface area contributed by atoms with Gasteiger partial charge in [0.05, 0.1) is 38.1 Å². The van der Waals surface area contributed by atoms with E-state index in [1.807, 2.05) is 74.5 Å². The summed E-state index contributed by atoms with van der Waals surface area (Å²) in [6, 6.07) is 25.6. The van der Waals surface area contributed by atoms with E-state index in [0.29, 0.717) is 57.8 Å². The molecule has 12 heteroatoms. The highest BCUT2D eigenvalue weighted by Crippen LogP contribution is 2.62. The number of benzene rings is 3. The third kappa shape index (κ3) is 11.8. The Morgan fingerprint density at radius 3 is 2.45 bits per heavy atom. The van der Waals surface area contributed by atoms with Crippen LogP contribution in [0.3, 0.4) is 0 Å². The van der Waals surface area contributed by atoms with Gasteiger partial charge in [0.25, 0.3) is 0 Å². The van der Waals surface area contributed by atoms with Crippen LogP contribution in [-0.4, -0.2) is 97.3 Å². The Hall–Kier alpha value is -4.33. The molecule has 1 fully saturated rings. The number of thioether (sulfide) groups is 1. The van der Waals surface area contributed by atoms with Crippen molar-refractivity contribution in [3.63, 3.8) is 0 Å². The van der Waals surface area contributed by atoms with Crippen LogP contribution in [0.15, 0.2) is 113 Å². The third-order valence-corrected chi connectivity index (χ3v) is 12.9. The number of rotatable bonds is 26. The van der Waals surface area contributed by atoms with Crippen LogP contribution >= 0.6 is 11.8 Å². The molecule has 11 nitrogen and oxygen atoms in total. The molecule has 0 saturated heterocycles. The number of amides is 1. The first-order chi connectivity index (χ1) is 30.5. The molecule has 1 saturated carbocycles. The highest BCUT2D eigenvalue weighted by atomic mass is 32.2. The fourth-order valence-electron chi connectivity index (χ4n) is 9.37. The molecule has 2 N–H and O–H groups in total. The summed E-state index contributed by atoms with van der Waals surface area (Å²) in [5.41, 5.74) is 3.81. The van der Waals surface area contributed by atoms with E-state index < -0.39 is 23.8 Å². The summed E-state index contributed by atoms with van der Waals surface area (Å²) in [5, 5.41) is 24.6. The molecule has 3 aliphatic rings. The van der Waals surface area contributed by atoms with E-state index in [1.54, 1.807) is 22.7 Å². The van der Waals surface area contributed by atoms with Crippen LogP contribution in [-0.2, 0) is 25.7 Å². The molecule has 6 atom stereocenters. The van der Waals surface area contributed by atoms with Gasteiger partial charge >= 0.3 is 6.09 Å². The highest BCUT2D eigenvalue weighted by Gasteiger charge is 2.65. The summed E-state index contributed by atoms with van der Waals surface area (Å²) >= 11 is 1.75. The molecule has 0 spiro atoms. The monoisotopic (exact) mass is 870 g/mol. The van der Waals surface area contributed by atoms with Crippen molar-refractivity contribution in [2.24, 2.45) is 22.9 Å². The van der Waals surface area contributed by atoms with Crippen LogP contribution < -0.4 is 9.47 Å². The number of oxime groups is 1. The van der Waals surface area contributed by atoms with Gasteiger partial charge in [0.1, 0.15) is 30.8 Å². The van der Waals surface area contributed by atoms with Gasteiger partial charge in [-0.3, -0.25) is 4.90 Å². The lowest BCUT2D eigenvalue weighted by Crippen LogP contribution is -2.70. The maximum Gasteiger partial charge on any atom is 0.410 e. The number of aliphatic hydroxyl groups excluding tert-OH is 2. The number of nitrogens with zero attached hydrogens (tertiary/aromatic N) is 2. The van der Waals surface area contributed by atoms with E-state index in [2.05, 4.69) is 30.9 Å². The van der Waals surface area contributed by atoms with Gasteiger partial charge in [-0.2, -0.15) is 0 Å². The zero-order chi connectivity index (χ0) is 43.6. The molecular formula is C50H66N2O9S. The Morgan fingerprint density at radius 2 is 1.73 bits per heavy atom. The second-order valence-corrected chi connectivity index (χ2v) is 17.2. The van der Waals surface area contributed by atoms with Gasteiger partial charge in [-0.25, -0.2) is 4.79 Å². The molecule has 0 bridgehead atoms. The quantitative estimate of drug-likeness (QED) is 0.0349. The van der Waals surface area contributed by atoms with Gasteiger partial charge in [-0.1, -0.05) is 85.6 Å². The van der Waals surface area contributed by atoms with Crippen LogP contribution in [0, 0.1) is 17.8 Å². The van der Waals surface area contributed by atoms with E-state index in [-0.39, 0.29) is 50.8 Å². The fraction of sp³-hybridized carbons (Fsp3) is 0.520. The molecule has 2 aliphatic carbocycles. The molecule has 1 heterocycles. The minimum atomic E-state index is -1.36. The average Bonchev–Trinajstić information content (AvgIpc) is 3.30. The van der Waals surface area contributed by atoms with Crippen molar-refractivity contribution in [2.45, 2.75) is 94.5 Å². The van der Waals surface area contributed by atoms with Crippen molar-refractivity contribution in [3.05, 3.63) is 114 Å². The lowest BCUT2D eigenvalue weighted by Gasteiger charge is -2.59. The molecule has 1 amide bonds. The standard InChI is InChI=1S/C50H66N2O9S/c1-4-25-52(49(55)58-30-29-56-36-37-17-9-7-10-18-37)46-35-44(51-60-6-3)42-33-38(19-13-15-26-53)41(22-14-16-27-54)47-43-34-39(57-31-32-62-40-20-11-8-12-21-40)23-24-45(43)61-50(46,48(42)47)59-28-5-2/h5,7-12,17-18,20-21,23-24,33-34,38,41,46-48,53-54H,2,4,6,13-16,19,22,25-32,35-36H2,1,3H3/t38-,41+,46-,47+,48+,50+/m0/s1. The van der Waals surface area contributed by atoms with Crippen LogP contribution in [0.4, 0.5) is 4.79 Å². The maximum absolute atomic E-state index is 14.4. The van der Waals surface area contributed by atoms with Crippen LogP contribution in [0.1, 0.15) is 82.3 Å². The zero-order valence-corrected chi connectivity index (χ0v) is 37.4. The minimum absolute atomic E-state index is 0.0784. The molecule has 0 unspecified atom stereocenters. The van der Waals surface area contributed by atoms with Crippen molar-refractivity contribution in [1.29, 1.82) is 0 Å². The number of carbonyl (C=O) groups is 1. The largest absolute Gasteiger partial charge is 0.493 e. The van der Waals surface area contributed by atoms with E-state index in [9.17, 15) is 15.0 Å². The predicted molar refractivity (Wildman–Crippen MR) is 244 cm³/mol. The van der Waals surface area contributed by atoms with Crippen LogP contribution in [0.5, 0.6) is 11.5 Å². The number of aliphatic hydroxyl groups is 2. The first kappa shape index (κ1) is 47.2. The second-order valence-electron chi connectivity index (χ2n) is 16.0. The molecule has 336 valence electrons. The molecule has 6 rings (SSSR count). The Morgan fingerprint density at radius 1 is 0.968 bits per heavy atom. The summed E-state index contributed by atoms with van der Waals surface area (Å²) in [4.78, 5) is 23.3. The van der Waals surface area contributed by atoms with Gasteiger partial charge in [0.15, 0.2) is 0 Å². The van der Waals surface area contributed by atoms with Gasteiger partial charge in [-0.05, 0) is 92.3 Å². The number of carbonyl (C=O) groups excluding carboxylic acids is 1. The predicted octanol–water partition coefficient (Wildman–Crippen LogP) is 9.58. The molecule has 3 aromatic carbocycles. The molecule has 1 aliphatic heterocycles. The minimum Gasteiger partial charge on any atom is -0.493 e. The average molecular weight is 871 g/mol. The van der Waals surface area contributed by atoms with Crippen molar-refractivity contribution in [3.8, 4) is 11.5 Å². The van der Waals surface area contributed by atoms with E-state index in [1.165, 1.54) is 4.90 Å². The number of ether oxygens (including phenoxy) is 5. The molecule has 3 aromatic rings. The molecule has 0 aromatic heterocycles. The smallest absolute Gasteiger partial charge is 0.410 e. The van der Waals surface area contributed by atoms with Gasteiger partial charge in [0, 0.05) is 48.3 Å². The summed E-state index contributed by atoms with van der Waals surface area (Å²) in [6.07, 6.45) is 9.35. The number of allylic oxidation sites excluding steroid dienone is 1. The van der Waals surface area contributed by atoms with Crippen molar-refractivity contribution in [1.82, 2.24) is 4.90 Å². The molecule has 0 radical (unpaired) electrons. The molecule has 62 heavy (non-hydrogen) atoms. The lowest BCUT2D eigenvalue weighted by molar-refractivity contribution is -0.255. The number of hydrogen-bond acceptors (Lipinski definition) is 11. The summed E-state index contributed by atoms with van der Waals surface area (Å²) in [5.74, 6) is 0.529. The first-order valence-electron chi connectivity index (χ1n) is 22.5. The first-order valence-corrected chi connectivity index (χ1v) is 23.5. The van der Waals surface area contributed by atoms with Crippen LogP contribution in [0.2, 0.25) is 0 Å². The van der Waals surface area contributed by atoms with E-state index in [4.69, 9.17) is 33.7 Å². The van der Waals surface area contributed by atoms with Gasteiger partial charge < -0.3 is 38.7 Å². The molecular weight excluding hydrogens is 805 g/mol. The third-order valence-electron chi connectivity index (χ3n) is 12.0. The maximum atomic E-state index is 14.4. The van der Waals surface area contributed by atoms with E-state index in [0.717, 1.165) is 59.6 Å². The van der Waals surface area contributed by atoms with Crippen molar-refractivity contribution in [2.75, 3.05) is 58.5 Å². The SMILES string of the molecule is C=CCO[C@@]12Oc3ccc(OCCSc4ccccc4)cc3[C@H]3[C@H](CCCCO)[C@@H](CCCCO)C=C(C(=NOCC)C[C@@H]1N(CCC)C(=O)OCCOCc1ccccc1)[C@H]32. The normalized spacial score (nSPS) is 23.1. The van der Waals surface area contributed by atoms with Crippen molar-refractivity contribution < 1.29 is 43.5 Å². The fourth-order valence-corrected chi connectivity index (χ4v) is 10.1. The summed E-state index contributed by atoms with van der Waals surface area (Å²) in [7, 11) is 0. The Bertz CT molecular complexity index is 1900. The highest BCUT2D eigenvalue weighted by molar-refractivity contribution is 7.99. The van der Waals surface area contributed by atoms with Gasteiger partial charge in [-0.15, -0.1) is 18.3 Å². The zero-order valence-electron chi connectivity index (χ0n) is 36.5. The van der Waals surface area contributed by atoms with Crippen molar-refractivity contribution >= 4 is 23.6 Å². The van der Waals surface area contributed by atoms with Crippen LogP contribution in [0.25, 0.3) is 0 Å². The number of unbranched alkanes of at least 4 members (excludes halogenated alkanes) is 2. The Balaban J connectivity index is 1.41. The Kier molecular flexibility index (Phi) is 18.6. The summed E-state index contributed by atoms with van der Waals surface area (Å²) < 4.78 is 32.7. The number of fused-ring (bicyclic) bond motifs is 2. The lowest BCUT2D eigenvalue weighted by atomic mass is 9.55. The second kappa shape index (κ2) is 24.5. The number of hydrogen-bond donors (Lipinski definition) is 2. The van der Waals surface area contributed by atoms with E-state index >= 15 is 0 Å². The Labute approximate surface area is 372 Å². The van der Waals surface area contributed by atoms with Gasteiger partial charge in [0.2, 0.25) is 5.79 Å². The summed E-state index contributed by atoms with van der Waals surface area (Å²) in [6.45, 7) is 10.4. The topological polar surface area (TPSA) is 129 Å².